The van der Waals surface area contributed by atoms with Crippen molar-refractivity contribution in [2.24, 2.45) is 0 Å². The van der Waals surface area contributed by atoms with Gasteiger partial charge in [-0.05, 0) is 34.1 Å². The van der Waals surface area contributed by atoms with Gasteiger partial charge in [0.1, 0.15) is 5.60 Å². The molecule has 0 rings (SSSR count). The fraction of sp³-hybridized carbons (Fsp3) is 0.750. The smallest absolute Gasteiger partial charge is 0.408 e. The van der Waals surface area contributed by atoms with Gasteiger partial charge in [0.25, 0.3) is 0 Å². The summed E-state index contributed by atoms with van der Waals surface area (Å²) in [7, 11) is 0. The van der Waals surface area contributed by atoms with Crippen molar-refractivity contribution >= 4 is 12.1 Å². The van der Waals surface area contributed by atoms with Gasteiger partial charge in [-0.1, -0.05) is 32.3 Å². The molecule has 0 spiro atoms. The highest BCUT2D eigenvalue weighted by molar-refractivity contribution is 5.88. The van der Waals surface area contributed by atoms with Gasteiger partial charge in [0.15, 0.2) is 5.54 Å². The highest BCUT2D eigenvalue weighted by Gasteiger charge is 2.39. The monoisotopic (exact) mass is 299 g/mol. The largest absolute Gasteiger partial charge is 0.464 e. The molecule has 0 heterocycles. The summed E-state index contributed by atoms with van der Waals surface area (Å²) in [5.74, 6) is -0.498. The van der Waals surface area contributed by atoms with Crippen LogP contribution in [0.3, 0.4) is 0 Å². The van der Waals surface area contributed by atoms with Crippen molar-refractivity contribution in [1.29, 1.82) is 0 Å². The molecule has 0 radical (unpaired) electrons. The second-order valence-corrected chi connectivity index (χ2v) is 5.98. The van der Waals surface area contributed by atoms with Crippen molar-refractivity contribution in [1.82, 2.24) is 5.32 Å². The number of alkyl carbamates (subject to hydrolysis) is 1. The Morgan fingerprint density at radius 3 is 2.24 bits per heavy atom. The van der Waals surface area contributed by atoms with E-state index in [2.05, 4.69) is 18.8 Å². The Morgan fingerprint density at radius 1 is 1.19 bits per heavy atom. The minimum atomic E-state index is -1.23. The number of rotatable bonds is 8. The zero-order chi connectivity index (χ0) is 16.5. The molecule has 5 nitrogen and oxygen atoms in total. The lowest BCUT2D eigenvalue weighted by molar-refractivity contribution is -0.149. The molecule has 0 unspecified atom stereocenters. The summed E-state index contributed by atoms with van der Waals surface area (Å²) in [6.45, 7) is 13.0. The van der Waals surface area contributed by atoms with E-state index < -0.39 is 23.2 Å². The van der Waals surface area contributed by atoms with Gasteiger partial charge in [0.2, 0.25) is 0 Å². The van der Waals surface area contributed by atoms with Gasteiger partial charge < -0.3 is 14.8 Å². The van der Waals surface area contributed by atoms with Crippen LogP contribution in [0.15, 0.2) is 12.7 Å². The van der Waals surface area contributed by atoms with Gasteiger partial charge >= 0.3 is 12.1 Å². The van der Waals surface area contributed by atoms with Gasteiger partial charge in [-0.2, -0.15) is 0 Å². The van der Waals surface area contributed by atoms with Crippen molar-refractivity contribution in [2.75, 3.05) is 6.61 Å². The van der Waals surface area contributed by atoms with Gasteiger partial charge in [-0.25, -0.2) is 9.59 Å². The lowest BCUT2D eigenvalue weighted by Crippen LogP contribution is -2.54. The molecule has 0 bridgehead atoms. The van der Waals surface area contributed by atoms with E-state index in [1.807, 2.05) is 0 Å². The summed E-state index contributed by atoms with van der Waals surface area (Å²) in [6, 6.07) is 0. The standard InChI is InChI=1S/C16H29NO4/c1-7-10-11-12-16(8-2,13(18)20-9-3)17-14(19)21-15(4,5)6/h8H,2,7,9-12H2,1,3-6H3,(H,17,19)/t16-/m0/s1. The Bertz CT molecular complexity index is 360. The lowest BCUT2D eigenvalue weighted by Gasteiger charge is -2.30. The van der Waals surface area contributed by atoms with Crippen molar-refractivity contribution in [3.63, 3.8) is 0 Å². The fourth-order valence-electron chi connectivity index (χ4n) is 1.85. The zero-order valence-electron chi connectivity index (χ0n) is 14.0. The molecule has 21 heavy (non-hydrogen) atoms. The van der Waals surface area contributed by atoms with Crippen LogP contribution in [0.25, 0.3) is 0 Å². The minimum Gasteiger partial charge on any atom is -0.464 e. The highest BCUT2D eigenvalue weighted by Crippen LogP contribution is 2.20. The molecule has 0 aromatic rings. The number of esters is 1. The molecule has 0 aliphatic heterocycles. The van der Waals surface area contributed by atoms with Gasteiger partial charge in [0, 0.05) is 0 Å². The second-order valence-electron chi connectivity index (χ2n) is 5.98. The molecule has 1 atom stereocenters. The Morgan fingerprint density at radius 2 is 1.81 bits per heavy atom. The van der Waals surface area contributed by atoms with E-state index in [1.54, 1.807) is 27.7 Å². The first-order valence-electron chi connectivity index (χ1n) is 7.52. The third-order valence-corrected chi connectivity index (χ3v) is 2.89. The first kappa shape index (κ1) is 19.5. The molecule has 0 fully saturated rings. The van der Waals surface area contributed by atoms with Crippen LogP contribution in [0, 0.1) is 0 Å². The third-order valence-electron chi connectivity index (χ3n) is 2.89. The van der Waals surface area contributed by atoms with E-state index in [1.165, 1.54) is 6.08 Å². The minimum absolute atomic E-state index is 0.248. The third kappa shape index (κ3) is 7.16. The number of amides is 1. The molecule has 0 saturated heterocycles. The van der Waals surface area contributed by atoms with Crippen LogP contribution in [-0.4, -0.2) is 29.8 Å². The summed E-state index contributed by atoms with van der Waals surface area (Å²) in [5, 5.41) is 2.63. The molecule has 0 aromatic heterocycles. The fourth-order valence-corrected chi connectivity index (χ4v) is 1.85. The number of unbranched alkanes of at least 4 members (excludes halogenated alkanes) is 2. The predicted molar refractivity (Wildman–Crippen MR) is 83.1 cm³/mol. The normalized spacial score (nSPS) is 14.0. The molecule has 1 amide bonds. The molecule has 122 valence electrons. The van der Waals surface area contributed by atoms with E-state index in [0.29, 0.717) is 6.42 Å². The van der Waals surface area contributed by atoms with E-state index in [9.17, 15) is 9.59 Å². The maximum atomic E-state index is 12.2. The number of carbonyl (C=O) groups excluding carboxylic acids is 2. The average Bonchev–Trinajstić information content (AvgIpc) is 2.35. The van der Waals surface area contributed by atoms with Crippen LogP contribution in [0.4, 0.5) is 4.79 Å². The molecule has 0 aliphatic carbocycles. The van der Waals surface area contributed by atoms with E-state index in [-0.39, 0.29) is 6.61 Å². The van der Waals surface area contributed by atoms with E-state index >= 15 is 0 Å². The molecule has 5 heteroatoms. The first-order chi connectivity index (χ1) is 9.70. The van der Waals surface area contributed by atoms with Crippen LogP contribution >= 0.6 is 0 Å². The molecule has 0 aliphatic rings. The molecular weight excluding hydrogens is 270 g/mol. The van der Waals surface area contributed by atoms with Crippen molar-refractivity contribution in [3.05, 3.63) is 12.7 Å². The number of hydrogen-bond donors (Lipinski definition) is 1. The Hall–Kier alpha value is -1.52. The molecule has 1 N–H and O–H groups in total. The molecular formula is C16H29NO4. The van der Waals surface area contributed by atoms with Crippen LogP contribution in [0.2, 0.25) is 0 Å². The lowest BCUT2D eigenvalue weighted by atomic mass is 9.92. The Kier molecular flexibility index (Phi) is 8.07. The highest BCUT2D eigenvalue weighted by atomic mass is 16.6. The van der Waals surface area contributed by atoms with Crippen LogP contribution in [0.5, 0.6) is 0 Å². The maximum Gasteiger partial charge on any atom is 0.408 e. The number of nitrogens with one attached hydrogen (secondary N) is 1. The van der Waals surface area contributed by atoms with Crippen LogP contribution in [0.1, 0.15) is 60.3 Å². The quantitative estimate of drug-likeness (QED) is 0.423. The zero-order valence-corrected chi connectivity index (χ0v) is 14.0. The summed E-state index contributed by atoms with van der Waals surface area (Å²) in [4.78, 5) is 24.2. The summed E-state index contributed by atoms with van der Waals surface area (Å²) in [5.41, 5.74) is -1.86. The summed E-state index contributed by atoms with van der Waals surface area (Å²) >= 11 is 0. The van der Waals surface area contributed by atoms with Gasteiger partial charge in [-0.15, -0.1) is 6.58 Å². The Labute approximate surface area is 128 Å². The number of ether oxygens (including phenoxy) is 2. The van der Waals surface area contributed by atoms with E-state index in [0.717, 1.165) is 19.3 Å². The summed E-state index contributed by atoms with van der Waals surface area (Å²) in [6.07, 6.45) is 4.00. The SMILES string of the molecule is C=C[C@@](CCCCC)(NC(=O)OC(C)(C)C)C(=O)OCC. The topological polar surface area (TPSA) is 64.6 Å². The van der Waals surface area contributed by atoms with Crippen LogP contribution in [-0.2, 0) is 14.3 Å². The van der Waals surface area contributed by atoms with Crippen molar-refractivity contribution in [2.45, 2.75) is 71.4 Å². The first-order valence-corrected chi connectivity index (χ1v) is 7.52. The van der Waals surface area contributed by atoms with Crippen molar-refractivity contribution < 1.29 is 19.1 Å². The number of carbonyl (C=O) groups is 2. The molecule has 0 aromatic carbocycles. The Balaban J connectivity index is 5.04. The van der Waals surface area contributed by atoms with Crippen LogP contribution < -0.4 is 5.32 Å². The average molecular weight is 299 g/mol. The second kappa shape index (κ2) is 8.70. The van der Waals surface area contributed by atoms with Crippen molar-refractivity contribution in [3.8, 4) is 0 Å². The van der Waals surface area contributed by atoms with E-state index in [4.69, 9.17) is 9.47 Å². The van der Waals surface area contributed by atoms with Gasteiger partial charge in [0.05, 0.1) is 6.61 Å². The summed E-state index contributed by atoms with van der Waals surface area (Å²) < 4.78 is 10.3. The van der Waals surface area contributed by atoms with Gasteiger partial charge in [-0.3, -0.25) is 0 Å². The number of hydrogen-bond acceptors (Lipinski definition) is 4. The molecule has 0 saturated carbocycles. The predicted octanol–water partition coefficient (Wildman–Crippen LogP) is 3.58. The maximum absolute atomic E-state index is 12.2.